The number of carbonyl (C=O) groups is 2. The Balaban J connectivity index is 4.73. The molecule has 3 unspecified atom stereocenters. The van der Waals surface area contributed by atoms with Gasteiger partial charge in [0.05, 0.1) is 25.2 Å². The predicted molar refractivity (Wildman–Crippen MR) is 278 cm³/mol. The number of nitrogens with one attached hydrogen (secondary N) is 1. The molecule has 3 N–H and O–H groups in total. The van der Waals surface area contributed by atoms with E-state index in [1.165, 1.54) is 116 Å². The Hall–Kier alpha value is -2.96. The predicted octanol–water partition coefficient (Wildman–Crippen LogP) is 16.3. The number of carbonyl (C=O) groups excluding carboxylic acids is 2. The average molecular weight is 892 g/mol. The van der Waals surface area contributed by atoms with Crippen LogP contribution in [0.2, 0.25) is 0 Å². The number of rotatable bonds is 47. The number of unbranched alkanes of at least 4 members (excludes halogenated alkanes) is 24. The molecule has 0 aliphatic carbocycles. The van der Waals surface area contributed by atoms with Gasteiger partial charge in [-0.3, -0.25) is 9.59 Å². The molecule has 0 aliphatic heterocycles. The zero-order valence-corrected chi connectivity index (χ0v) is 41.9. The molecule has 0 saturated heterocycles. The van der Waals surface area contributed by atoms with E-state index in [-0.39, 0.29) is 24.9 Å². The van der Waals surface area contributed by atoms with Gasteiger partial charge >= 0.3 is 5.97 Å². The van der Waals surface area contributed by atoms with E-state index in [2.05, 4.69) is 99.0 Å². The van der Waals surface area contributed by atoms with Gasteiger partial charge < -0.3 is 20.3 Å². The highest BCUT2D eigenvalue weighted by Crippen LogP contribution is 2.16. The third kappa shape index (κ3) is 45.6. The van der Waals surface area contributed by atoms with Crippen LogP contribution in [0.15, 0.2) is 85.1 Å². The van der Waals surface area contributed by atoms with Gasteiger partial charge in [0.2, 0.25) is 5.91 Å². The van der Waals surface area contributed by atoms with Crippen molar-refractivity contribution in [2.75, 3.05) is 6.61 Å². The third-order valence-corrected chi connectivity index (χ3v) is 11.7. The van der Waals surface area contributed by atoms with Crippen LogP contribution in [-0.4, -0.2) is 46.9 Å². The lowest BCUT2D eigenvalue weighted by Crippen LogP contribution is -2.46. The summed E-state index contributed by atoms with van der Waals surface area (Å²) in [6.45, 7) is 6.33. The molecule has 0 saturated carbocycles. The van der Waals surface area contributed by atoms with Crippen molar-refractivity contribution in [1.82, 2.24) is 5.32 Å². The fraction of sp³-hybridized carbons (Fsp3) is 0.724. The number of allylic oxidation sites excluding steroid dienone is 13. The SMILES string of the molecule is CC/C=C/C/C=C/C/C=C/C/C=C/C/C=C/C(CC(=O)NC(CO)C(O)CCCCCCCCCCCCCCC)OC(=O)CCCCCCC/C=C/C=C/CCCCCCCCC. The van der Waals surface area contributed by atoms with Gasteiger partial charge in [0, 0.05) is 6.42 Å². The summed E-state index contributed by atoms with van der Waals surface area (Å²) in [7, 11) is 0. The first-order valence-corrected chi connectivity index (χ1v) is 26.8. The summed E-state index contributed by atoms with van der Waals surface area (Å²) in [5.41, 5.74) is 0. The molecule has 1 amide bonds. The Morgan fingerprint density at radius 3 is 1.36 bits per heavy atom. The minimum absolute atomic E-state index is 0.0553. The molecule has 64 heavy (non-hydrogen) atoms. The standard InChI is InChI=1S/C58H101NO5/c1-4-7-10-13-16-19-22-25-27-28-29-30-33-36-39-42-45-48-51-58(63)64-54(49-46-43-40-37-34-32-26-23-20-17-14-11-8-5-2)52-57(62)59-55(53-60)56(61)50-47-44-41-38-35-31-24-21-18-15-12-9-6-3/h8,11,17,20,26-30,32,37,40,46,49,54-56,60-61H,4-7,9-10,12-16,18-19,21-25,31,33-36,38-39,41-45,47-48,50-53H2,1-3H3,(H,59,62)/b11-8+,20-17+,28-27+,30-29+,32-26+,40-37+,49-46+. The summed E-state index contributed by atoms with van der Waals surface area (Å²) in [5, 5.41) is 23.7. The highest BCUT2D eigenvalue weighted by molar-refractivity contribution is 5.78. The van der Waals surface area contributed by atoms with Gasteiger partial charge in [0.15, 0.2) is 0 Å². The zero-order chi connectivity index (χ0) is 46.7. The third-order valence-electron chi connectivity index (χ3n) is 11.7. The van der Waals surface area contributed by atoms with Crippen molar-refractivity contribution in [2.24, 2.45) is 0 Å². The summed E-state index contributed by atoms with van der Waals surface area (Å²) >= 11 is 0. The first kappa shape index (κ1) is 61.0. The molecule has 0 radical (unpaired) electrons. The normalized spacial score (nSPS) is 13.9. The Kier molecular flexibility index (Phi) is 48.7. The maximum atomic E-state index is 13.2. The van der Waals surface area contributed by atoms with E-state index >= 15 is 0 Å². The van der Waals surface area contributed by atoms with Gasteiger partial charge in [-0.05, 0) is 76.7 Å². The van der Waals surface area contributed by atoms with Gasteiger partial charge in [-0.1, -0.05) is 241 Å². The van der Waals surface area contributed by atoms with Crippen LogP contribution in [0, 0.1) is 0 Å². The monoisotopic (exact) mass is 892 g/mol. The molecule has 0 aliphatic rings. The van der Waals surface area contributed by atoms with E-state index < -0.39 is 18.2 Å². The van der Waals surface area contributed by atoms with Crippen molar-refractivity contribution in [3.8, 4) is 0 Å². The first-order chi connectivity index (χ1) is 31.5. The molecular weight excluding hydrogens is 791 g/mol. The largest absolute Gasteiger partial charge is 0.458 e. The van der Waals surface area contributed by atoms with Crippen molar-refractivity contribution in [2.45, 2.75) is 264 Å². The van der Waals surface area contributed by atoms with Crippen LogP contribution in [0.1, 0.15) is 245 Å². The molecule has 0 bridgehead atoms. The fourth-order valence-corrected chi connectivity index (χ4v) is 7.68. The van der Waals surface area contributed by atoms with Crippen LogP contribution in [0.4, 0.5) is 0 Å². The van der Waals surface area contributed by atoms with Crippen LogP contribution < -0.4 is 5.32 Å². The summed E-state index contributed by atoms with van der Waals surface area (Å²) in [5.74, 6) is -0.648. The highest BCUT2D eigenvalue weighted by atomic mass is 16.5. The molecule has 3 atom stereocenters. The molecule has 0 aromatic carbocycles. The van der Waals surface area contributed by atoms with E-state index in [1.54, 1.807) is 6.08 Å². The topological polar surface area (TPSA) is 95.9 Å². The van der Waals surface area contributed by atoms with Gasteiger partial charge in [-0.25, -0.2) is 0 Å². The van der Waals surface area contributed by atoms with E-state index in [4.69, 9.17) is 4.74 Å². The quantitative estimate of drug-likeness (QED) is 0.0245. The van der Waals surface area contributed by atoms with Crippen molar-refractivity contribution in [3.05, 3.63) is 85.1 Å². The molecular formula is C58H101NO5. The molecule has 0 heterocycles. The van der Waals surface area contributed by atoms with Crippen molar-refractivity contribution < 1.29 is 24.5 Å². The van der Waals surface area contributed by atoms with Crippen LogP contribution in [0.25, 0.3) is 0 Å². The Bertz CT molecular complexity index is 1230. The number of hydrogen-bond acceptors (Lipinski definition) is 5. The summed E-state index contributed by atoms with van der Waals surface area (Å²) in [6.07, 6.45) is 66.7. The van der Waals surface area contributed by atoms with Gasteiger partial charge in [-0.15, -0.1) is 0 Å². The smallest absolute Gasteiger partial charge is 0.306 e. The number of esters is 1. The molecule has 0 aromatic rings. The second kappa shape index (κ2) is 51.0. The lowest BCUT2D eigenvalue weighted by atomic mass is 10.0. The lowest BCUT2D eigenvalue weighted by molar-refractivity contribution is -0.148. The number of ether oxygens (including phenoxy) is 1. The molecule has 0 spiro atoms. The highest BCUT2D eigenvalue weighted by Gasteiger charge is 2.23. The molecule has 0 aromatic heterocycles. The van der Waals surface area contributed by atoms with Gasteiger partial charge in [0.25, 0.3) is 0 Å². The van der Waals surface area contributed by atoms with E-state index in [0.717, 1.165) is 83.5 Å². The second-order valence-corrected chi connectivity index (χ2v) is 17.9. The summed E-state index contributed by atoms with van der Waals surface area (Å²) in [4.78, 5) is 26.1. The van der Waals surface area contributed by atoms with E-state index in [1.807, 2.05) is 6.08 Å². The first-order valence-electron chi connectivity index (χ1n) is 26.8. The van der Waals surface area contributed by atoms with Crippen LogP contribution in [0.5, 0.6) is 0 Å². The molecule has 0 rings (SSSR count). The van der Waals surface area contributed by atoms with Gasteiger partial charge in [0.1, 0.15) is 6.10 Å². The summed E-state index contributed by atoms with van der Waals surface area (Å²) in [6, 6.07) is -0.749. The minimum atomic E-state index is -0.825. The Morgan fingerprint density at radius 1 is 0.500 bits per heavy atom. The molecule has 0 fully saturated rings. The van der Waals surface area contributed by atoms with Crippen LogP contribution in [0.3, 0.4) is 0 Å². The lowest BCUT2D eigenvalue weighted by Gasteiger charge is -2.23. The second-order valence-electron chi connectivity index (χ2n) is 17.9. The van der Waals surface area contributed by atoms with E-state index in [0.29, 0.717) is 19.3 Å². The van der Waals surface area contributed by atoms with Gasteiger partial charge in [-0.2, -0.15) is 0 Å². The maximum Gasteiger partial charge on any atom is 0.306 e. The Labute approximate surface area is 395 Å². The molecule has 368 valence electrons. The zero-order valence-electron chi connectivity index (χ0n) is 41.9. The van der Waals surface area contributed by atoms with Crippen molar-refractivity contribution in [3.63, 3.8) is 0 Å². The van der Waals surface area contributed by atoms with Crippen LogP contribution in [-0.2, 0) is 14.3 Å². The number of aliphatic hydroxyl groups excluding tert-OH is 2. The number of hydrogen-bond donors (Lipinski definition) is 3. The maximum absolute atomic E-state index is 13.2. The minimum Gasteiger partial charge on any atom is -0.458 e. The molecule has 6 heteroatoms. The fourth-order valence-electron chi connectivity index (χ4n) is 7.68. The Morgan fingerprint density at radius 2 is 0.906 bits per heavy atom. The van der Waals surface area contributed by atoms with Crippen molar-refractivity contribution >= 4 is 11.9 Å². The molecule has 6 nitrogen and oxygen atoms in total. The van der Waals surface area contributed by atoms with Crippen molar-refractivity contribution in [1.29, 1.82) is 0 Å². The number of aliphatic hydroxyl groups is 2. The number of amides is 1. The average Bonchev–Trinajstić information content (AvgIpc) is 3.29. The van der Waals surface area contributed by atoms with E-state index in [9.17, 15) is 19.8 Å². The van der Waals surface area contributed by atoms with Crippen LogP contribution >= 0.6 is 0 Å². The summed E-state index contributed by atoms with van der Waals surface area (Å²) < 4.78 is 5.82.